The van der Waals surface area contributed by atoms with Crippen LogP contribution >= 0.6 is 15.9 Å². The minimum Gasteiger partial charge on any atom is -0.268 e. The van der Waals surface area contributed by atoms with Crippen LogP contribution in [0, 0.1) is 6.92 Å². The lowest BCUT2D eigenvalue weighted by Gasteiger charge is -2.03. The van der Waals surface area contributed by atoms with E-state index in [0.29, 0.717) is 0 Å². The van der Waals surface area contributed by atoms with Gasteiger partial charge in [0, 0.05) is 17.9 Å². The maximum absolute atomic E-state index is 11.4. The Bertz CT molecular complexity index is 335. The highest BCUT2D eigenvalue weighted by Crippen LogP contribution is 1.99. The summed E-state index contributed by atoms with van der Waals surface area (Å²) < 4.78 is 1.53. The molecule has 14 heavy (non-hydrogen) atoms. The van der Waals surface area contributed by atoms with E-state index in [0.717, 1.165) is 36.7 Å². The Balaban J connectivity index is 2.47. The summed E-state index contributed by atoms with van der Waals surface area (Å²) in [6, 6.07) is 1.62. The van der Waals surface area contributed by atoms with Gasteiger partial charge < -0.3 is 0 Å². The summed E-state index contributed by atoms with van der Waals surface area (Å²) in [5, 5.41) is 5.10. The number of unbranched alkanes of at least 4 members (excludes halogenated alkanes) is 2. The standard InChI is InChI=1S/C10H15BrN2O/c1-9-7-10(14)13(12-8-9)6-4-2-3-5-11/h7-8H,2-6H2,1H3. The number of nitrogens with zero attached hydrogens (tertiary/aromatic N) is 2. The van der Waals surface area contributed by atoms with Crippen molar-refractivity contribution in [3.05, 3.63) is 28.2 Å². The lowest BCUT2D eigenvalue weighted by Crippen LogP contribution is -2.22. The smallest absolute Gasteiger partial charge is 0.266 e. The number of hydrogen-bond donors (Lipinski definition) is 0. The number of alkyl halides is 1. The van der Waals surface area contributed by atoms with Crippen molar-refractivity contribution in [1.82, 2.24) is 9.78 Å². The van der Waals surface area contributed by atoms with E-state index in [1.165, 1.54) is 4.68 Å². The normalized spacial score (nSPS) is 10.4. The molecule has 1 heterocycles. The zero-order valence-electron chi connectivity index (χ0n) is 8.37. The van der Waals surface area contributed by atoms with E-state index >= 15 is 0 Å². The third kappa shape index (κ3) is 3.62. The zero-order chi connectivity index (χ0) is 10.4. The molecule has 0 aromatic carbocycles. The summed E-state index contributed by atoms with van der Waals surface area (Å²) in [5.41, 5.74) is 0.926. The predicted molar refractivity (Wildman–Crippen MR) is 60.9 cm³/mol. The number of hydrogen-bond acceptors (Lipinski definition) is 2. The molecule has 4 heteroatoms. The average Bonchev–Trinajstić information content (AvgIpc) is 2.15. The summed E-state index contributed by atoms with van der Waals surface area (Å²) in [4.78, 5) is 11.4. The SMILES string of the molecule is Cc1cnn(CCCCCBr)c(=O)c1. The Kier molecular flexibility index (Phi) is 4.87. The quantitative estimate of drug-likeness (QED) is 0.599. The second-order valence-electron chi connectivity index (χ2n) is 3.34. The molecule has 0 N–H and O–H groups in total. The van der Waals surface area contributed by atoms with Gasteiger partial charge in [-0.25, -0.2) is 4.68 Å². The number of aryl methyl sites for hydroxylation is 2. The van der Waals surface area contributed by atoms with E-state index in [1.54, 1.807) is 12.3 Å². The molecule has 0 aliphatic carbocycles. The lowest BCUT2D eigenvalue weighted by atomic mass is 10.2. The van der Waals surface area contributed by atoms with Crippen LogP contribution in [-0.4, -0.2) is 15.1 Å². The van der Waals surface area contributed by atoms with Gasteiger partial charge in [-0.1, -0.05) is 22.4 Å². The summed E-state index contributed by atoms with van der Waals surface area (Å²) >= 11 is 3.38. The maximum atomic E-state index is 11.4. The predicted octanol–water partition coefficient (Wildman–Crippen LogP) is 2.12. The summed E-state index contributed by atoms with van der Waals surface area (Å²) in [7, 11) is 0. The first-order valence-corrected chi connectivity index (χ1v) is 5.96. The van der Waals surface area contributed by atoms with Crippen molar-refractivity contribution < 1.29 is 0 Å². The highest BCUT2D eigenvalue weighted by Gasteiger charge is 1.96. The molecule has 78 valence electrons. The van der Waals surface area contributed by atoms with Gasteiger partial charge in [0.05, 0.1) is 6.20 Å². The second-order valence-corrected chi connectivity index (χ2v) is 4.14. The average molecular weight is 259 g/mol. The fourth-order valence-corrected chi connectivity index (χ4v) is 1.62. The fraction of sp³-hybridized carbons (Fsp3) is 0.600. The molecule has 0 bridgehead atoms. The molecule has 0 spiro atoms. The lowest BCUT2D eigenvalue weighted by molar-refractivity contribution is 0.528. The van der Waals surface area contributed by atoms with Crippen LogP contribution in [0.2, 0.25) is 0 Å². The van der Waals surface area contributed by atoms with E-state index < -0.39 is 0 Å². The van der Waals surface area contributed by atoms with Gasteiger partial charge in [0.25, 0.3) is 5.56 Å². The van der Waals surface area contributed by atoms with Crippen LogP contribution in [0.15, 0.2) is 17.1 Å². The first kappa shape index (κ1) is 11.4. The van der Waals surface area contributed by atoms with E-state index in [4.69, 9.17) is 0 Å². The summed E-state index contributed by atoms with van der Waals surface area (Å²) in [6.07, 6.45) is 5.03. The van der Waals surface area contributed by atoms with Gasteiger partial charge in [-0.2, -0.15) is 5.10 Å². The van der Waals surface area contributed by atoms with Crippen LogP contribution in [0.25, 0.3) is 0 Å². The molecule has 0 saturated heterocycles. The summed E-state index contributed by atoms with van der Waals surface area (Å²) in [6.45, 7) is 2.61. The van der Waals surface area contributed by atoms with Gasteiger partial charge in [0.1, 0.15) is 0 Å². The molecular formula is C10H15BrN2O. The van der Waals surface area contributed by atoms with Crippen molar-refractivity contribution in [2.75, 3.05) is 5.33 Å². The third-order valence-electron chi connectivity index (χ3n) is 2.01. The molecule has 1 aromatic rings. The Morgan fingerprint density at radius 1 is 1.43 bits per heavy atom. The number of halogens is 1. The topological polar surface area (TPSA) is 34.9 Å². The van der Waals surface area contributed by atoms with E-state index in [1.807, 2.05) is 6.92 Å². The van der Waals surface area contributed by atoms with Gasteiger partial charge >= 0.3 is 0 Å². The third-order valence-corrected chi connectivity index (χ3v) is 2.57. The van der Waals surface area contributed by atoms with Crippen LogP contribution in [0.4, 0.5) is 0 Å². The molecular weight excluding hydrogens is 244 g/mol. The van der Waals surface area contributed by atoms with Crippen LogP contribution in [-0.2, 0) is 6.54 Å². The number of aromatic nitrogens is 2. The number of rotatable bonds is 5. The van der Waals surface area contributed by atoms with E-state index in [9.17, 15) is 4.79 Å². The molecule has 0 atom stereocenters. The summed E-state index contributed by atoms with van der Waals surface area (Å²) in [5.74, 6) is 0. The van der Waals surface area contributed by atoms with Crippen LogP contribution < -0.4 is 5.56 Å². The molecule has 0 saturated carbocycles. The largest absolute Gasteiger partial charge is 0.268 e. The van der Waals surface area contributed by atoms with Crippen LogP contribution in [0.1, 0.15) is 24.8 Å². The molecule has 1 aromatic heterocycles. The Morgan fingerprint density at radius 3 is 2.86 bits per heavy atom. The van der Waals surface area contributed by atoms with Gasteiger partial charge in [-0.05, 0) is 25.3 Å². The van der Waals surface area contributed by atoms with Gasteiger partial charge in [-0.15, -0.1) is 0 Å². The van der Waals surface area contributed by atoms with Crippen molar-refractivity contribution in [3.63, 3.8) is 0 Å². The van der Waals surface area contributed by atoms with Gasteiger partial charge in [0.15, 0.2) is 0 Å². The Hall–Kier alpha value is -0.640. The Morgan fingerprint density at radius 2 is 2.21 bits per heavy atom. The van der Waals surface area contributed by atoms with Gasteiger partial charge in [0.2, 0.25) is 0 Å². The highest BCUT2D eigenvalue weighted by atomic mass is 79.9. The molecule has 0 unspecified atom stereocenters. The molecule has 0 radical (unpaired) electrons. The van der Waals surface area contributed by atoms with Crippen molar-refractivity contribution in [1.29, 1.82) is 0 Å². The Labute approximate surface area is 92.3 Å². The molecule has 1 rings (SSSR count). The molecule has 0 amide bonds. The van der Waals surface area contributed by atoms with E-state index in [-0.39, 0.29) is 5.56 Å². The maximum Gasteiger partial charge on any atom is 0.266 e. The molecule has 0 aliphatic heterocycles. The van der Waals surface area contributed by atoms with Crippen molar-refractivity contribution in [3.8, 4) is 0 Å². The van der Waals surface area contributed by atoms with Crippen molar-refractivity contribution in [2.45, 2.75) is 32.7 Å². The first-order valence-electron chi connectivity index (χ1n) is 4.84. The van der Waals surface area contributed by atoms with Gasteiger partial charge in [-0.3, -0.25) is 4.79 Å². The first-order chi connectivity index (χ1) is 6.74. The van der Waals surface area contributed by atoms with Crippen LogP contribution in [0.5, 0.6) is 0 Å². The monoisotopic (exact) mass is 258 g/mol. The van der Waals surface area contributed by atoms with Crippen molar-refractivity contribution >= 4 is 15.9 Å². The molecule has 0 aliphatic rings. The van der Waals surface area contributed by atoms with Crippen LogP contribution in [0.3, 0.4) is 0 Å². The minimum atomic E-state index is 0.00356. The van der Waals surface area contributed by atoms with E-state index in [2.05, 4.69) is 21.0 Å². The molecule has 3 nitrogen and oxygen atoms in total. The van der Waals surface area contributed by atoms with Crippen molar-refractivity contribution in [2.24, 2.45) is 0 Å². The molecule has 0 fully saturated rings. The zero-order valence-corrected chi connectivity index (χ0v) is 9.96. The minimum absolute atomic E-state index is 0.00356. The second kappa shape index (κ2) is 5.96. The highest BCUT2D eigenvalue weighted by molar-refractivity contribution is 9.09. The fourth-order valence-electron chi connectivity index (χ4n) is 1.22.